The molecule has 1 unspecified atom stereocenters. The quantitative estimate of drug-likeness (QED) is 0.162. The van der Waals surface area contributed by atoms with Crippen LogP contribution < -0.4 is 10.6 Å². The number of carbonyl (C=O) groups excluding carboxylic acids is 1. The number of rotatable bonds is 10. The zero-order chi connectivity index (χ0) is 25.0. The van der Waals surface area contributed by atoms with E-state index >= 15 is 0 Å². The van der Waals surface area contributed by atoms with E-state index in [1.54, 1.807) is 24.7 Å². The highest BCUT2D eigenvalue weighted by Crippen LogP contribution is 2.31. The Morgan fingerprint density at radius 3 is 2.58 bits per heavy atom. The maximum atomic E-state index is 12.8. The van der Waals surface area contributed by atoms with E-state index in [4.69, 9.17) is 11.6 Å². The number of aliphatic imine (C=N–C) groups is 1. The van der Waals surface area contributed by atoms with E-state index in [1.165, 1.54) is 0 Å². The average molecular weight is 501 g/mol. The van der Waals surface area contributed by atoms with Crippen molar-refractivity contribution in [1.29, 1.82) is 0 Å². The summed E-state index contributed by atoms with van der Waals surface area (Å²) in [6.45, 7) is 1.13. The monoisotopic (exact) mass is 500 g/mol. The van der Waals surface area contributed by atoms with Gasteiger partial charge in [-0.25, -0.2) is 4.98 Å². The highest BCUT2D eigenvalue weighted by molar-refractivity contribution is 6.31. The minimum Gasteiger partial charge on any atom is -0.356 e. The summed E-state index contributed by atoms with van der Waals surface area (Å²) in [5.74, 6) is 0.244. The molecule has 0 radical (unpaired) electrons. The van der Waals surface area contributed by atoms with Crippen molar-refractivity contribution in [1.82, 2.24) is 25.6 Å². The van der Waals surface area contributed by atoms with E-state index in [2.05, 4.69) is 30.6 Å². The second-order valence-electron chi connectivity index (χ2n) is 8.28. The van der Waals surface area contributed by atoms with Gasteiger partial charge in [-0.05, 0) is 55.2 Å². The first-order chi connectivity index (χ1) is 17.7. The molecule has 0 fully saturated rings. The first kappa shape index (κ1) is 25.1. The molecule has 3 N–H and O–H groups in total. The number of aryl methyl sites for hydroxylation is 1. The van der Waals surface area contributed by atoms with Gasteiger partial charge in [0.1, 0.15) is 0 Å². The second kappa shape index (κ2) is 13.2. The van der Waals surface area contributed by atoms with Gasteiger partial charge >= 0.3 is 0 Å². The molecular formula is C28H29ClN6O. The molecule has 184 valence electrons. The van der Waals surface area contributed by atoms with E-state index in [0.29, 0.717) is 29.6 Å². The molecule has 2 heterocycles. The number of guanidine groups is 1. The van der Waals surface area contributed by atoms with Crippen molar-refractivity contribution in [3.8, 4) is 0 Å². The van der Waals surface area contributed by atoms with Gasteiger partial charge in [0.15, 0.2) is 5.96 Å². The third kappa shape index (κ3) is 7.26. The first-order valence-corrected chi connectivity index (χ1v) is 12.4. The van der Waals surface area contributed by atoms with Crippen LogP contribution in [0, 0.1) is 0 Å². The third-order valence-electron chi connectivity index (χ3n) is 5.75. The van der Waals surface area contributed by atoms with Crippen molar-refractivity contribution in [2.45, 2.75) is 25.2 Å². The largest absolute Gasteiger partial charge is 0.356 e. The predicted octanol–water partition coefficient (Wildman–Crippen LogP) is 4.99. The first-order valence-electron chi connectivity index (χ1n) is 12.0. The maximum absolute atomic E-state index is 12.8. The zero-order valence-corrected chi connectivity index (χ0v) is 20.7. The van der Waals surface area contributed by atoms with Crippen LogP contribution >= 0.6 is 11.6 Å². The van der Waals surface area contributed by atoms with Gasteiger partial charge in [-0.2, -0.15) is 0 Å². The summed E-state index contributed by atoms with van der Waals surface area (Å²) in [5.41, 5.74) is 3.60. The fraction of sp³-hybridized carbons (Fsp3) is 0.214. The molecule has 1 atom stereocenters. The molecule has 2 aromatic carbocycles. The Hall–Kier alpha value is -3.97. The van der Waals surface area contributed by atoms with Crippen molar-refractivity contribution >= 4 is 23.5 Å². The lowest BCUT2D eigenvalue weighted by Crippen LogP contribution is -2.42. The number of carbonyl (C=O) groups is 1. The SMILES string of the molecule is O=C(NC(=NCCCc1cnc[nH]1)NCCC(c1ccccn1)c1ccccc1Cl)c1ccccc1. The van der Waals surface area contributed by atoms with Gasteiger partial charge in [-0.1, -0.05) is 54.1 Å². The van der Waals surface area contributed by atoms with E-state index in [0.717, 1.165) is 36.2 Å². The molecule has 0 bridgehead atoms. The van der Waals surface area contributed by atoms with Crippen LogP contribution in [0.2, 0.25) is 5.02 Å². The summed E-state index contributed by atoms with van der Waals surface area (Å²) >= 11 is 6.54. The molecule has 4 rings (SSSR count). The van der Waals surface area contributed by atoms with E-state index in [9.17, 15) is 4.79 Å². The smallest absolute Gasteiger partial charge is 0.257 e. The molecule has 4 aromatic rings. The van der Waals surface area contributed by atoms with Crippen LogP contribution in [0.4, 0.5) is 0 Å². The molecule has 0 aliphatic heterocycles. The number of aromatic nitrogens is 3. The summed E-state index contributed by atoms with van der Waals surface area (Å²) in [6.07, 6.45) is 7.64. The van der Waals surface area contributed by atoms with Crippen molar-refractivity contribution in [2.75, 3.05) is 13.1 Å². The summed E-state index contributed by atoms with van der Waals surface area (Å²) in [7, 11) is 0. The van der Waals surface area contributed by atoms with Gasteiger partial charge in [0, 0.05) is 53.4 Å². The number of nitrogens with zero attached hydrogens (tertiary/aromatic N) is 3. The number of nitrogens with one attached hydrogen (secondary N) is 3. The lowest BCUT2D eigenvalue weighted by Gasteiger charge is -2.19. The number of hydrogen-bond donors (Lipinski definition) is 3. The molecule has 0 aliphatic rings. The molecule has 8 heteroatoms. The van der Waals surface area contributed by atoms with Gasteiger partial charge in [-0.3, -0.25) is 20.1 Å². The minimum absolute atomic E-state index is 0.00106. The molecule has 0 aliphatic carbocycles. The summed E-state index contributed by atoms with van der Waals surface area (Å²) in [4.78, 5) is 29.2. The van der Waals surface area contributed by atoms with E-state index < -0.39 is 0 Å². The Balaban J connectivity index is 1.44. The van der Waals surface area contributed by atoms with Crippen LogP contribution in [0.25, 0.3) is 0 Å². The Bertz CT molecular complexity index is 1250. The van der Waals surface area contributed by atoms with Crippen LogP contribution in [-0.2, 0) is 6.42 Å². The van der Waals surface area contributed by atoms with Crippen LogP contribution in [-0.4, -0.2) is 39.9 Å². The number of halogens is 1. The number of hydrogen-bond acceptors (Lipinski definition) is 4. The fourth-order valence-electron chi connectivity index (χ4n) is 3.93. The summed E-state index contributed by atoms with van der Waals surface area (Å²) in [6, 6.07) is 22.8. The lowest BCUT2D eigenvalue weighted by atomic mass is 9.92. The van der Waals surface area contributed by atoms with Crippen molar-refractivity contribution in [2.24, 2.45) is 4.99 Å². The van der Waals surface area contributed by atoms with Crippen LogP contribution in [0.3, 0.4) is 0 Å². The standard InChI is InChI=1S/C28H29ClN6O/c29-25-13-5-4-12-23(25)24(26-14-6-7-16-31-26)15-18-33-28(32-17-8-11-22-19-30-20-34-22)35-27(36)21-9-2-1-3-10-21/h1-7,9-10,12-14,16,19-20,24H,8,11,15,17-18H2,(H,30,34)(H2,32,33,35,36). The van der Waals surface area contributed by atoms with Crippen LogP contribution in [0.1, 0.15) is 46.1 Å². The topological polar surface area (TPSA) is 95.1 Å². The Labute approximate surface area is 216 Å². The van der Waals surface area contributed by atoms with E-state index in [1.807, 2.05) is 66.9 Å². The van der Waals surface area contributed by atoms with E-state index in [-0.39, 0.29) is 11.8 Å². The normalized spacial score (nSPS) is 12.2. The number of amides is 1. The molecule has 7 nitrogen and oxygen atoms in total. The second-order valence-corrected chi connectivity index (χ2v) is 8.68. The lowest BCUT2D eigenvalue weighted by molar-refractivity contribution is 0.0975. The van der Waals surface area contributed by atoms with Crippen molar-refractivity contribution < 1.29 is 4.79 Å². The highest BCUT2D eigenvalue weighted by Gasteiger charge is 2.18. The van der Waals surface area contributed by atoms with Crippen molar-refractivity contribution in [3.05, 3.63) is 119 Å². The number of pyridine rings is 1. The van der Waals surface area contributed by atoms with Crippen LogP contribution in [0.5, 0.6) is 0 Å². The van der Waals surface area contributed by atoms with Crippen molar-refractivity contribution in [3.63, 3.8) is 0 Å². The molecule has 0 saturated carbocycles. The fourth-order valence-corrected chi connectivity index (χ4v) is 4.20. The summed E-state index contributed by atoms with van der Waals surface area (Å²) < 4.78 is 0. The van der Waals surface area contributed by atoms with Gasteiger partial charge in [0.05, 0.1) is 6.33 Å². The maximum Gasteiger partial charge on any atom is 0.257 e. The molecule has 36 heavy (non-hydrogen) atoms. The zero-order valence-electron chi connectivity index (χ0n) is 19.9. The van der Waals surface area contributed by atoms with Gasteiger partial charge in [-0.15, -0.1) is 0 Å². The number of benzene rings is 2. The Kier molecular flexibility index (Phi) is 9.22. The molecule has 0 spiro atoms. The molecule has 2 aromatic heterocycles. The molecule has 1 amide bonds. The molecular weight excluding hydrogens is 472 g/mol. The number of aromatic amines is 1. The van der Waals surface area contributed by atoms with Gasteiger partial charge in [0.2, 0.25) is 0 Å². The van der Waals surface area contributed by atoms with Gasteiger partial charge in [0.25, 0.3) is 5.91 Å². The van der Waals surface area contributed by atoms with Crippen LogP contribution in [0.15, 0.2) is 96.5 Å². The minimum atomic E-state index is -0.206. The number of H-pyrrole nitrogens is 1. The van der Waals surface area contributed by atoms with Gasteiger partial charge < -0.3 is 10.3 Å². The Morgan fingerprint density at radius 2 is 1.83 bits per heavy atom. The predicted molar refractivity (Wildman–Crippen MR) is 143 cm³/mol. The highest BCUT2D eigenvalue weighted by atomic mass is 35.5. The number of imidazole rings is 1. The third-order valence-corrected chi connectivity index (χ3v) is 6.09. The summed E-state index contributed by atoms with van der Waals surface area (Å²) in [5, 5.41) is 6.97. The Morgan fingerprint density at radius 1 is 1.03 bits per heavy atom. The molecule has 0 saturated heterocycles. The average Bonchev–Trinajstić information content (AvgIpc) is 3.44.